The van der Waals surface area contributed by atoms with Crippen LogP contribution in [0, 0.1) is 6.92 Å². The molecule has 0 bridgehead atoms. The Morgan fingerprint density at radius 2 is 1.96 bits per heavy atom. The van der Waals surface area contributed by atoms with Gasteiger partial charge in [0.2, 0.25) is 0 Å². The number of hydrogen-bond acceptors (Lipinski definition) is 3. The summed E-state index contributed by atoms with van der Waals surface area (Å²) in [6.07, 6.45) is 6.78. The lowest BCUT2D eigenvalue weighted by atomic mass is 10.0. The number of rotatable bonds is 3. The van der Waals surface area contributed by atoms with Gasteiger partial charge in [0, 0.05) is 24.3 Å². The third-order valence-electron chi connectivity index (χ3n) is 4.97. The van der Waals surface area contributed by atoms with Gasteiger partial charge in [0.15, 0.2) is 0 Å². The molecule has 0 spiro atoms. The summed E-state index contributed by atoms with van der Waals surface area (Å²) in [7, 11) is 0. The van der Waals surface area contributed by atoms with Crippen molar-refractivity contribution in [2.24, 2.45) is 0 Å². The van der Waals surface area contributed by atoms with Crippen LogP contribution in [-0.4, -0.2) is 15.5 Å². The molecule has 26 heavy (non-hydrogen) atoms. The van der Waals surface area contributed by atoms with Gasteiger partial charge in [0.05, 0.1) is 6.04 Å². The third kappa shape index (κ3) is 2.81. The van der Waals surface area contributed by atoms with Crippen LogP contribution in [0.3, 0.4) is 0 Å². The van der Waals surface area contributed by atoms with E-state index in [0.29, 0.717) is 5.69 Å². The Morgan fingerprint density at radius 1 is 1.15 bits per heavy atom. The summed E-state index contributed by atoms with van der Waals surface area (Å²) in [5.41, 5.74) is 4.24. The van der Waals surface area contributed by atoms with Crippen molar-refractivity contribution in [1.82, 2.24) is 9.55 Å². The second-order valence-electron chi connectivity index (χ2n) is 6.52. The van der Waals surface area contributed by atoms with E-state index >= 15 is 0 Å². The van der Waals surface area contributed by atoms with Gasteiger partial charge in [0.25, 0.3) is 11.5 Å². The molecule has 1 aliphatic carbocycles. The molecule has 130 valence electrons. The number of anilines is 1. The lowest BCUT2D eigenvalue weighted by molar-refractivity contribution is 0.102. The fraction of sp³-hybridized carbons (Fsp3) is 0.190. The molecule has 2 heterocycles. The molecule has 1 unspecified atom stereocenters. The van der Waals surface area contributed by atoms with Crippen molar-refractivity contribution >= 4 is 11.6 Å². The maximum absolute atomic E-state index is 13.0. The van der Waals surface area contributed by atoms with E-state index in [4.69, 9.17) is 0 Å². The second kappa shape index (κ2) is 6.59. The Bertz CT molecular complexity index is 1020. The van der Waals surface area contributed by atoms with Crippen molar-refractivity contribution in [2.75, 3.05) is 5.32 Å². The van der Waals surface area contributed by atoms with Gasteiger partial charge in [-0.2, -0.15) is 0 Å². The fourth-order valence-corrected chi connectivity index (χ4v) is 3.67. The van der Waals surface area contributed by atoms with E-state index in [1.54, 1.807) is 47.4 Å². The maximum atomic E-state index is 13.0. The number of carbonyl (C=O) groups is 1. The van der Waals surface area contributed by atoms with Crippen molar-refractivity contribution in [1.29, 1.82) is 0 Å². The van der Waals surface area contributed by atoms with Gasteiger partial charge in [-0.1, -0.05) is 18.2 Å². The molecule has 1 N–H and O–H groups in total. The largest absolute Gasteiger partial charge is 0.322 e. The van der Waals surface area contributed by atoms with Crippen LogP contribution in [0.15, 0.2) is 65.8 Å². The Labute approximate surface area is 151 Å². The number of amides is 1. The average molecular weight is 345 g/mol. The molecule has 1 aromatic carbocycles. The number of fused-ring (bicyclic) bond motifs is 1. The number of nitrogens with zero attached hydrogens (tertiary/aromatic N) is 2. The number of carbonyl (C=O) groups excluding carboxylic acids is 1. The number of benzene rings is 1. The van der Waals surface area contributed by atoms with E-state index in [0.717, 1.165) is 12.8 Å². The number of aromatic nitrogens is 2. The highest BCUT2D eigenvalue weighted by atomic mass is 16.2. The van der Waals surface area contributed by atoms with Crippen LogP contribution in [0.2, 0.25) is 0 Å². The van der Waals surface area contributed by atoms with Gasteiger partial charge < -0.3 is 9.88 Å². The Hall–Kier alpha value is -3.21. The van der Waals surface area contributed by atoms with E-state index < -0.39 is 5.91 Å². The molecule has 1 amide bonds. The van der Waals surface area contributed by atoms with Crippen molar-refractivity contribution in [2.45, 2.75) is 25.8 Å². The summed E-state index contributed by atoms with van der Waals surface area (Å²) in [6.45, 7) is 2.10. The van der Waals surface area contributed by atoms with Crippen molar-refractivity contribution in [3.05, 3.63) is 93.7 Å². The summed E-state index contributed by atoms with van der Waals surface area (Å²) in [6, 6.07) is 12.9. The minimum absolute atomic E-state index is 0.0222. The zero-order chi connectivity index (χ0) is 18.1. The summed E-state index contributed by atoms with van der Waals surface area (Å²) >= 11 is 0. The molecule has 0 aliphatic heterocycles. The zero-order valence-electron chi connectivity index (χ0n) is 14.5. The Balaban J connectivity index is 1.69. The molecule has 0 saturated carbocycles. The molecule has 4 rings (SSSR count). The molecule has 5 heteroatoms. The van der Waals surface area contributed by atoms with Crippen LogP contribution < -0.4 is 10.9 Å². The van der Waals surface area contributed by atoms with Gasteiger partial charge in [-0.15, -0.1) is 0 Å². The van der Waals surface area contributed by atoms with E-state index in [2.05, 4.69) is 29.4 Å². The van der Waals surface area contributed by atoms with Crippen molar-refractivity contribution in [3.8, 4) is 0 Å². The summed E-state index contributed by atoms with van der Waals surface area (Å²) in [4.78, 5) is 29.4. The molecule has 5 nitrogen and oxygen atoms in total. The predicted molar refractivity (Wildman–Crippen MR) is 101 cm³/mol. The van der Waals surface area contributed by atoms with E-state index in [1.807, 2.05) is 6.07 Å². The molecule has 0 fully saturated rings. The number of nitrogens with one attached hydrogen (secondary N) is 1. The smallest absolute Gasteiger partial charge is 0.263 e. The maximum Gasteiger partial charge on any atom is 0.263 e. The number of pyridine rings is 2. The molecule has 1 atom stereocenters. The quantitative estimate of drug-likeness (QED) is 0.792. The van der Waals surface area contributed by atoms with Gasteiger partial charge in [-0.05, 0) is 60.7 Å². The van der Waals surface area contributed by atoms with Crippen LogP contribution >= 0.6 is 0 Å². The van der Waals surface area contributed by atoms with E-state index in [9.17, 15) is 9.59 Å². The van der Waals surface area contributed by atoms with E-state index in [1.165, 1.54) is 16.7 Å². The SMILES string of the molecule is Cc1cccc2c1CCC2n1cccc(C(=O)Nc2ccncc2)c1=O. The normalized spacial score (nSPS) is 15.5. The number of hydrogen-bond donors (Lipinski definition) is 1. The third-order valence-corrected chi connectivity index (χ3v) is 4.97. The lowest BCUT2D eigenvalue weighted by Crippen LogP contribution is -2.31. The van der Waals surface area contributed by atoms with E-state index in [-0.39, 0.29) is 17.2 Å². The van der Waals surface area contributed by atoms with Crippen LogP contribution in [0.4, 0.5) is 5.69 Å². The van der Waals surface area contributed by atoms with Crippen LogP contribution in [-0.2, 0) is 6.42 Å². The van der Waals surface area contributed by atoms with Crippen LogP contribution in [0.5, 0.6) is 0 Å². The minimum atomic E-state index is -0.405. The summed E-state index contributed by atoms with van der Waals surface area (Å²) < 4.78 is 1.69. The average Bonchev–Trinajstić information content (AvgIpc) is 3.08. The van der Waals surface area contributed by atoms with Gasteiger partial charge in [0.1, 0.15) is 5.56 Å². The summed E-state index contributed by atoms with van der Waals surface area (Å²) in [5.74, 6) is -0.405. The highest BCUT2D eigenvalue weighted by Crippen LogP contribution is 2.35. The zero-order valence-corrected chi connectivity index (χ0v) is 14.5. The molecule has 1 aliphatic rings. The first-order valence-electron chi connectivity index (χ1n) is 8.66. The predicted octanol–water partition coefficient (Wildman–Crippen LogP) is 3.34. The first-order valence-corrected chi connectivity index (χ1v) is 8.66. The van der Waals surface area contributed by atoms with Crippen molar-refractivity contribution < 1.29 is 4.79 Å². The number of aryl methyl sites for hydroxylation is 1. The first kappa shape index (κ1) is 16.3. The topological polar surface area (TPSA) is 64.0 Å². The first-order chi connectivity index (χ1) is 12.6. The minimum Gasteiger partial charge on any atom is -0.322 e. The Kier molecular flexibility index (Phi) is 4.13. The molecular weight excluding hydrogens is 326 g/mol. The van der Waals surface area contributed by atoms with Gasteiger partial charge in [-0.25, -0.2) is 0 Å². The highest BCUT2D eigenvalue weighted by Gasteiger charge is 2.26. The molecule has 3 aromatic rings. The molecule has 0 saturated heterocycles. The molecular formula is C21H19N3O2. The highest BCUT2D eigenvalue weighted by molar-refractivity contribution is 6.03. The lowest BCUT2D eigenvalue weighted by Gasteiger charge is -2.17. The van der Waals surface area contributed by atoms with Crippen LogP contribution in [0.1, 0.15) is 39.5 Å². The Morgan fingerprint density at radius 3 is 2.77 bits per heavy atom. The van der Waals surface area contributed by atoms with Gasteiger partial charge in [-0.3, -0.25) is 14.6 Å². The molecule has 2 aromatic heterocycles. The molecule has 0 radical (unpaired) electrons. The van der Waals surface area contributed by atoms with Crippen LogP contribution in [0.25, 0.3) is 0 Å². The summed E-state index contributed by atoms with van der Waals surface area (Å²) in [5, 5.41) is 2.75. The monoisotopic (exact) mass is 345 g/mol. The van der Waals surface area contributed by atoms with Gasteiger partial charge >= 0.3 is 0 Å². The fourth-order valence-electron chi connectivity index (χ4n) is 3.67. The standard InChI is InChI=1S/C21H19N3O2/c1-14-4-2-5-17-16(14)7-8-19(17)24-13-3-6-18(21(24)26)20(25)23-15-9-11-22-12-10-15/h2-6,9-13,19H,7-8H2,1H3,(H,22,23,25). The van der Waals surface area contributed by atoms with Crippen molar-refractivity contribution in [3.63, 3.8) is 0 Å². The second-order valence-corrected chi connectivity index (χ2v) is 6.52.